The molecule has 208 valence electrons. The van der Waals surface area contributed by atoms with Crippen molar-refractivity contribution in [3.05, 3.63) is 138 Å². The first-order chi connectivity index (χ1) is 20.5. The van der Waals surface area contributed by atoms with Crippen LogP contribution in [0.3, 0.4) is 0 Å². The van der Waals surface area contributed by atoms with Crippen LogP contribution in [0, 0.1) is 0 Å². The van der Waals surface area contributed by atoms with Gasteiger partial charge in [0.1, 0.15) is 17.2 Å². The van der Waals surface area contributed by atoms with Crippen LogP contribution in [-0.4, -0.2) is 30.2 Å². The molecule has 8 heteroatoms. The van der Waals surface area contributed by atoms with Crippen LogP contribution in [0.4, 0.5) is 0 Å². The van der Waals surface area contributed by atoms with Crippen molar-refractivity contribution < 1.29 is 28.6 Å². The van der Waals surface area contributed by atoms with Gasteiger partial charge in [-0.05, 0) is 66.2 Å². The Kier molecular flexibility index (Phi) is 8.64. The number of esters is 2. The van der Waals surface area contributed by atoms with E-state index in [0.29, 0.717) is 22.4 Å². The minimum Gasteiger partial charge on any atom is -0.481 e. The molecule has 5 aromatic carbocycles. The molecule has 42 heavy (non-hydrogen) atoms. The normalized spacial score (nSPS) is 11.5. The first-order valence-corrected chi connectivity index (χ1v) is 13.1. The quantitative estimate of drug-likeness (QED) is 0.100. The predicted molar refractivity (Wildman–Crippen MR) is 159 cm³/mol. The third kappa shape index (κ3) is 7.05. The molecule has 5 aromatic rings. The summed E-state index contributed by atoms with van der Waals surface area (Å²) < 4.78 is 16.9. The standard InChI is InChI=1S/C34H26N2O6/c1-23(40-29-18-16-24-10-8-9-15-27(24)20-29)32(37)36-35-22-28-17-19-30(41-33(38)25-11-4-2-5-12-25)21-31(28)42-34(39)26-13-6-3-7-14-26/h2-23H,1H3,(H,36,37)/b35-22-/t23-/m1/s1. The molecule has 5 rings (SSSR count). The highest BCUT2D eigenvalue weighted by Gasteiger charge is 2.16. The van der Waals surface area contributed by atoms with E-state index in [0.717, 1.165) is 10.8 Å². The third-order valence-electron chi connectivity index (χ3n) is 6.20. The largest absolute Gasteiger partial charge is 0.481 e. The Morgan fingerprint density at radius 2 is 1.26 bits per heavy atom. The molecule has 0 saturated carbocycles. The average molecular weight is 559 g/mol. The number of hydrogen-bond donors (Lipinski definition) is 1. The molecule has 0 heterocycles. The summed E-state index contributed by atoms with van der Waals surface area (Å²) in [5, 5.41) is 6.09. The number of nitrogens with zero attached hydrogens (tertiary/aromatic N) is 1. The summed E-state index contributed by atoms with van der Waals surface area (Å²) >= 11 is 0. The number of benzene rings is 5. The number of carbonyl (C=O) groups is 3. The maximum atomic E-state index is 12.8. The molecular weight excluding hydrogens is 532 g/mol. The Balaban J connectivity index is 1.29. The molecule has 1 atom stereocenters. The molecule has 0 unspecified atom stereocenters. The van der Waals surface area contributed by atoms with E-state index < -0.39 is 23.9 Å². The fourth-order valence-corrected chi connectivity index (χ4v) is 4.00. The van der Waals surface area contributed by atoms with E-state index in [1.165, 1.54) is 18.3 Å². The SMILES string of the molecule is C[C@@H](Oc1ccc2ccccc2c1)C(=O)N/N=C\c1ccc(OC(=O)c2ccccc2)cc1OC(=O)c1ccccc1. The molecule has 1 amide bonds. The van der Waals surface area contributed by atoms with Crippen molar-refractivity contribution in [2.45, 2.75) is 13.0 Å². The van der Waals surface area contributed by atoms with Gasteiger partial charge in [0, 0.05) is 11.6 Å². The fourth-order valence-electron chi connectivity index (χ4n) is 4.00. The lowest BCUT2D eigenvalue weighted by molar-refractivity contribution is -0.127. The topological polar surface area (TPSA) is 103 Å². The van der Waals surface area contributed by atoms with Crippen molar-refractivity contribution in [1.29, 1.82) is 0 Å². The van der Waals surface area contributed by atoms with Crippen LogP contribution in [0.2, 0.25) is 0 Å². The van der Waals surface area contributed by atoms with Crippen LogP contribution in [0.25, 0.3) is 10.8 Å². The van der Waals surface area contributed by atoms with Gasteiger partial charge in [0.05, 0.1) is 17.3 Å². The summed E-state index contributed by atoms with van der Waals surface area (Å²) in [4.78, 5) is 38.0. The van der Waals surface area contributed by atoms with Crippen LogP contribution in [0.1, 0.15) is 33.2 Å². The van der Waals surface area contributed by atoms with Gasteiger partial charge < -0.3 is 14.2 Å². The predicted octanol–water partition coefficient (Wildman–Crippen LogP) is 6.20. The molecule has 0 radical (unpaired) electrons. The number of rotatable bonds is 9. The number of fused-ring (bicyclic) bond motifs is 1. The van der Waals surface area contributed by atoms with Gasteiger partial charge >= 0.3 is 11.9 Å². The van der Waals surface area contributed by atoms with E-state index in [4.69, 9.17) is 14.2 Å². The smallest absolute Gasteiger partial charge is 0.343 e. The van der Waals surface area contributed by atoms with E-state index >= 15 is 0 Å². The van der Waals surface area contributed by atoms with E-state index in [1.54, 1.807) is 79.7 Å². The highest BCUT2D eigenvalue weighted by Crippen LogP contribution is 2.26. The Labute approximate surface area is 242 Å². The molecule has 0 bridgehead atoms. The first kappa shape index (κ1) is 27.8. The van der Waals surface area contributed by atoms with Crippen LogP contribution in [-0.2, 0) is 4.79 Å². The molecule has 0 aliphatic carbocycles. The maximum absolute atomic E-state index is 12.8. The zero-order valence-corrected chi connectivity index (χ0v) is 22.6. The van der Waals surface area contributed by atoms with Crippen molar-refractivity contribution in [3.63, 3.8) is 0 Å². The van der Waals surface area contributed by atoms with Crippen LogP contribution in [0.5, 0.6) is 17.2 Å². The summed E-state index contributed by atoms with van der Waals surface area (Å²) in [6.45, 7) is 1.61. The van der Waals surface area contributed by atoms with Gasteiger partial charge in [0.2, 0.25) is 0 Å². The number of ether oxygens (including phenoxy) is 3. The monoisotopic (exact) mass is 558 g/mol. The second kappa shape index (κ2) is 13.1. The number of carbonyl (C=O) groups excluding carboxylic acids is 3. The van der Waals surface area contributed by atoms with E-state index in [2.05, 4.69) is 10.5 Å². The number of hydrogen-bond acceptors (Lipinski definition) is 7. The Morgan fingerprint density at radius 1 is 0.667 bits per heavy atom. The molecule has 0 aliphatic rings. The van der Waals surface area contributed by atoms with Gasteiger partial charge in [-0.1, -0.05) is 66.7 Å². The lowest BCUT2D eigenvalue weighted by Gasteiger charge is -2.13. The van der Waals surface area contributed by atoms with E-state index in [-0.39, 0.29) is 11.5 Å². The third-order valence-corrected chi connectivity index (χ3v) is 6.20. The molecule has 0 fully saturated rings. The molecule has 0 saturated heterocycles. The summed E-state index contributed by atoms with van der Waals surface area (Å²) in [6.07, 6.45) is 0.496. The summed E-state index contributed by atoms with van der Waals surface area (Å²) in [5.74, 6) is -0.853. The summed E-state index contributed by atoms with van der Waals surface area (Å²) in [5.41, 5.74) is 3.51. The fraction of sp³-hybridized carbons (Fsp3) is 0.0588. The van der Waals surface area contributed by atoms with Crippen LogP contribution < -0.4 is 19.6 Å². The zero-order chi connectivity index (χ0) is 29.3. The van der Waals surface area contributed by atoms with E-state index in [1.807, 2.05) is 36.4 Å². The van der Waals surface area contributed by atoms with Gasteiger partial charge in [0.25, 0.3) is 5.91 Å². The van der Waals surface area contributed by atoms with Crippen molar-refractivity contribution in [1.82, 2.24) is 5.43 Å². The van der Waals surface area contributed by atoms with Gasteiger partial charge in [0.15, 0.2) is 6.10 Å². The van der Waals surface area contributed by atoms with Gasteiger partial charge in [-0.15, -0.1) is 0 Å². The summed E-state index contributed by atoms with van der Waals surface area (Å²) in [6, 6.07) is 34.9. The van der Waals surface area contributed by atoms with Crippen molar-refractivity contribution in [2.24, 2.45) is 5.10 Å². The highest BCUT2D eigenvalue weighted by molar-refractivity contribution is 5.94. The van der Waals surface area contributed by atoms with Crippen molar-refractivity contribution >= 4 is 34.8 Å². The lowest BCUT2D eigenvalue weighted by Crippen LogP contribution is -2.33. The van der Waals surface area contributed by atoms with Crippen LogP contribution >= 0.6 is 0 Å². The van der Waals surface area contributed by atoms with Crippen molar-refractivity contribution in [3.8, 4) is 17.2 Å². The minimum atomic E-state index is -0.835. The molecule has 0 aromatic heterocycles. The maximum Gasteiger partial charge on any atom is 0.343 e. The second-order valence-corrected chi connectivity index (χ2v) is 9.21. The summed E-state index contributed by atoms with van der Waals surface area (Å²) in [7, 11) is 0. The van der Waals surface area contributed by atoms with Gasteiger partial charge in [-0.3, -0.25) is 4.79 Å². The van der Waals surface area contributed by atoms with Gasteiger partial charge in [-0.2, -0.15) is 5.10 Å². The Morgan fingerprint density at radius 3 is 1.95 bits per heavy atom. The molecule has 1 N–H and O–H groups in total. The van der Waals surface area contributed by atoms with E-state index in [9.17, 15) is 14.4 Å². The average Bonchev–Trinajstić information content (AvgIpc) is 3.02. The van der Waals surface area contributed by atoms with Gasteiger partial charge in [-0.25, -0.2) is 15.0 Å². The molecule has 0 spiro atoms. The molecule has 8 nitrogen and oxygen atoms in total. The zero-order valence-electron chi connectivity index (χ0n) is 22.6. The lowest BCUT2D eigenvalue weighted by atomic mass is 10.1. The number of amides is 1. The second-order valence-electron chi connectivity index (χ2n) is 9.21. The number of nitrogens with one attached hydrogen (secondary N) is 1. The first-order valence-electron chi connectivity index (χ1n) is 13.1. The molecule has 0 aliphatic heterocycles. The Hall–Kier alpha value is -5.76. The number of hydrazone groups is 1. The molecular formula is C34H26N2O6. The minimum absolute atomic E-state index is 0.0840. The highest BCUT2D eigenvalue weighted by atomic mass is 16.5. The van der Waals surface area contributed by atoms with Crippen molar-refractivity contribution in [2.75, 3.05) is 0 Å². The van der Waals surface area contributed by atoms with Crippen LogP contribution in [0.15, 0.2) is 126 Å². The Bertz CT molecular complexity index is 1750.